The number of carboxylic acid groups (broad SMARTS) is 2. The molecule has 318 valence electrons. The molecule has 15 heteroatoms. The number of non-ortho nitro benzene ring substituents is 1. The van der Waals surface area contributed by atoms with Crippen molar-refractivity contribution in [2.45, 2.75) is 45.7 Å². The van der Waals surface area contributed by atoms with Crippen molar-refractivity contribution in [3.8, 4) is 33.4 Å². The number of aromatic amines is 3. The van der Waals surface area contributed by atoms with Gasteiger partial charge in [0.1, 0.15) is 12.1 Å². The van der Waals surface area contributed by atoms with Gasteiger partial charge in [-0.15, -0.1) is 0 Å². The molecule has 6 aromatic heterocycles. The minimum absolute atomic E-state index is 0.0105. The van der Waals surface area contributed by atoms with Gasteiger partial charge in [0.05, 0.1) is 15.8 Å². The number of rotatable bonds is 10. The number of fused-ring (bicyclic) bond motifs is 3. The highest BCUT2D eigenvalue weighted by Crippen LogP contribution is 2.36. The van der Waals surface area contributed by atoms with Crippen LogP contribution >= 0.6 is 0 Å². The number of nitrogens with two attached hydrogens (primary N) is 2. The third kappa shape index (κ3) is 9.81. The number of nitro groups is 1. The molecule has 9 aromatic rings. The van der Waals surface area contributed by atoms with E-state index in [1.165, 1.54) is 33.8 Å². The molecule has 3 aromatic carbocycles. The average molecular weight is 844 g/mol. The van der Waals surface area contributed by atoms with Crippen LogP contribution in [0.1, 0.15) is 28.2 Å². The summed E-state index contributed by atoms with van der Waals surface area (Å²) in [6, 6.07) is 27.5. The molecule has 2 atom stereocenters. The van der Waals surface area contributed by atoms with Crippen LogP contribution in [0.2, 0.25) is 0 Å². The Kier molecular flexibility index (Phi) is 12.8. The number of H-pyrrole nitrogens is 3. The van der Waals surface area contributed by atoms with E-state index in [0.29, 0.717) is 34.1 Å². The lowest BCUT2D eigenvalue weighted by atomic mass is 9.99. The molecule has 6 heterocycles. The topological polar surface area (TPSA) is 256 Å². The zero-order valence-corrected chi connectivity index (χ0v) is 34.7. The van der Waals surface area contributed by atoms with E-state index in [9.17, 15) is 19.7 Å². The molecule has 15 nitrogen and oxygen atoms in total. The molecule has 0 aliphatic heterocycles. The Balaban J connectivity index is 0.000000145. The molecule has 0 aliphatic rings. The summed E-state index contributed by atoms with van der Waals surface area (Å²) >= 11 is 0. The van der Waals surface area contributed by atoms with Gasteiger partial charge in [0.25, 0.3) is 5.69 Å². The highest BCUT2D eigenvalue weighted by Gasteiger charge is 2.24. The van der Waals surface area contributed by atoms with Gasteiger partial charge in [-0.2, -0.15) is 0 Å². The Bertz CT molecular complexity index is 3070. The summed E-state index contributed by atoms with van der Waals surface area (Å²) in [5, 5.41) is 32.3. The van der Waals surface area contributed by atoms with Crippen LogP contribution in [0.3, 0.4) is 0 Å². The predicted molar refractivity (Wildman–Crippen MR) is 244 cm³/mol. The summed E-state index contributed by atoms with van der Waals surface area (Å²) in [6.07, 6.45) is 10.7. The largest absolute Gasteiger partial charge is 0.480 e. The molecular weight excluding hydrogens is 799 g/mol. The predicted octanol–water partition coefficient (Wildman–Crippen LogP) is 8.43. The van der Waals surface area contributed by atoms with E-state index in [-0.39, 0.29) is 12.1 Å². The zero-order chi connectivity index (χ0) is 44.8. The molecule has 0 saturated carbocycles. The number of hydrogen-bond acceptors (Lipinski definition) is 9. The molecule has 0 radical (unpaired) electrons. The van der Waals surface area contributed by atoms with E-state index < -0.39 is 28.9 Å². The first-order chi connectivity index (χ1) is 30.3. The molecule has 9 N–H and O–H groups in total. The van der Waals surface area contributed by atoms with E-state index in [1.54, 1.807) is 49.9 Å². The highest BCUT2D eigenvalue weighted by molar-refractivity contribution is 5.97. The van der Waals surface area contributed by atoms with Crippen molar-refractivity contribution >= 4 is 50.3 Å². The number of benzene rings is 3. The van der Waals surface area contributed by atoms with Crippen molar-refractivity contribution in [3.05, 3.63) is 166 Å². The van der Waals surface area contributed by atoms with Crippen molar-refractivity contribution in [1.82, 2.24) is 29.9 Å². The van der Waals surface area contributed by atoms with Crippen molar-refractivity contribution in [2.75, 3.05) is 0 Å². The highest BCUT2D eigenvalue weighted by atomic mass is 16.6. The fourth-order valence-electron chi connectivity index (χ4n) is 7.61. The van der Waals surface area contributed by atoms with Gasteiger partial charge in [-0.05, 0) is 131 Å². The number of aryl methyl sites for hydroxylation is 3. The Morgan fingerprint density at radius 1 is 0.587 bits per heavy atom. The quantitative estimate of drug-likeness (QED) is 0.0508. The van der Waals surface area contributed by atoms with E-state index in [2.05, 4.69) is 67.2 Å². The number of aromatic nitrogens is 6. The minimum Gasteiger partial charge on any atom is -0.480 e. The lowest BCUT2D eigenvalue weighted by Gasteiger charge is -2.07. The van der Waals surface area contributed by atoms with Crippen molar-refractivity contribution < 1.29 is 24.7 Å². The SMILES string of the molecule is Cc1[nH]c2cc(-c3ccncc3)cc([N+](=O)[O-])c2c1CC(N)C(=O)O.Cc1[nH]c2cc(-c3ccncc3)ccc2c1CC(N)C(=O)O.Cc1cc2ccc(-c3ccncc3)cc2[nH]1. The molecule has 0 amide bonds. The second-order valence-electron chi connectivity index (χ2n) is 15.2. The maximum absolute atomic E-state index is 11.6. The summed E-state index contributed by atoms with van der Waals surface area (Å²) in [7, 11) is 0. The third-order valence-corrected chi connectivity index (χ3v) is 10.8. The fraction of sp³-hybridized carbons (Fsp3) is 0.146. The number of carbonyl (C=O) groups is 2. The van der Waals surface area contributed by atoms with Gasteiger partial charge in [0.2, 0.25) is 0 Å². The first-order valence-electron chi connectivity index (χ1n) is 20.0. The van der Waals surface area contributed by atoms with Crippen LogP contribution in [0, 0.1) is 30.9 Å². The maximum Gasteiger partial charge on any atom is 0.320 e. The van der Waals surface area contributed by atoms with Crippen LogP contribution in [0.4, 0.5) is 5.69 Å². The van der Waals surface area contributed by atoms with Crippen molar-refractivity contribution in [3.63, 3.8) is 0 Å². The molecule has 9 rings (SSSR count). The fourth-order valence-corrected chi connectivity index (χ4v) is 7.61. The van der Waals surface area contributed by atoms with Gasteiger partial charge in [0.15, 0.2) is 0 Å². The summed E-state index contributed by atoms with van der Waals surface area (Å²) in [4.78, 5) is 55.0. The smallest absolute Gasteiger partial charge is 0.320 e. The number of nitrogens with zero attached hydrogens (tertiary/aromatic N) is 4. The Morgan fingerprint density at radius 3 is 1.59 bits per heavy atom. The van der Waals surface area contributed by atoms with Gasteiger partial charge >= 0.3 is 11.9 Å². The van der Waals surface area contributed by atoms with Crippen LogP contribution in [0.5, 0.6) is 0 Å². The molecule has 2 unspecified atom stereocenters. The molecule has 0 bridgehead atoms. The van der Waals surface area contributed by atoms with Crippen molar-refractivity contribution in [1.29, 1.82) is 0 Å². The molecule has 0 fully saturated rings. The third-order valence-electron chi connectivity index (χ3n) is 10.8. The van der Waals surface area contributed by atoms with Gasteiger partial charge in [0, 0.05) is 89.6 Å². The summed E-state index contributed by atoms with van der Waals surface area (Å²) in [5.41, 5.74) is 24.4. The summed E-state index contributed by atoms with van der Waals surface area (Å²) in [5.74, 6) is -2.13. The van der Waals surface area contributed by atoms with E-state index in [4.69, 9.17) is 21.7 Å². The lowest BCUT2D eigenvalue weighted by molar-refractivity contribution is -0.383. The number of pyridine rings is 3. The number of hydrogen-bond donors (Lipinski definition) is 7. The number of aliphatic carboxylic acids is 2. The molecule has 63 heavy (non-hydrogen) atoms. The van der Waals surface area contributed by atoms with Gasteiger partial charge < -0.3 is 36.6 Å². The number of nitro benzene ring substituents is 1. The van der Waals surface area contributed by atoms with Gasteiger partial charge in [-0.3, -0.25) is 34.7 Å². The molecular formula is C48H45N9O6. The Labute approximate surface area is 361 Å². The Hall–Kier alpha value is -8.01. The normalized spacial score (nSPS) is 12.0. The second-order valence-corrected chi connectivity index (χ2v) is 15.2. The van der Waals surface area contributed by atoms with E-state index >= 15 is 0 Å². The molecule has 0 aliphatic carbocycles. The zero-order valence-electron chi connectivity index (χ0n) is 34.7. The summed E-state index contributed by atoms with van der Waals surface area (Å²) < 4.78 is 0. The van der Waals surface area contributed by atoms with Gasteiger partial charge in [-0.25, -0.2) is 0 Å². The monoisotopic (exact) mass is 843 g/mol. The van der Waals surface area contributed by atoms with Gasteiger partial charge in [-0.1, -0.05) is 24.3 Å². The van der Waals surface area contributed by atoms with Crippen LogP contribution < -0.4 is 11.5 Å². The molecule has 0 saturated heterocycles. The summed E-state index contributed by atoms with van der Waals surface area (Å²) in [6.45, 7) is 5.77. The number of carboxylic acids is 2. The van der Waals surface area contributed by atoms with Crippen LogP contribution in [-0.2, 0) is 22.4 Å². The van der Waals surface area contributed by atoms with Crippen LogP contribution in [-0.4, -0.2) is 69.1 Å². The van der Waals surface area contributed by atoms with E-state index in [0.717, 1.165) is 38.9 Å². The first-order valence-corrected chi connectivity index (χ1v) is 20.0. The first kappa shape index (κ1) is 43.1. The Morgan fingerprint density at radius 2 is 1.05 bits per heavy atom. The van der Waals surface area contributed by atoms with Crippen LogP contribution in [0.25, 0.3) is 66.1 Å². The standard InChI is InChI=1S/C17H16N4O4.C17H17N3O2.C14H12N2/c1-9-12(8-13(18)17(22)23)16-14(20-9)6-11(7-15(16)21(24)25)10-2-4-19-5-3-10;1-10-14(9-15(18)17(21)22)13-3-2-12(8-16(13)20-10)11-4-6-19-7-5-11;1-10-8-13-3-2-12(9-14(13)16-10)11-4-6-15-7-5-11/h2-7,13,20H,8,18H2,1H3,(H,22,23);2-8,15,20H,9,18H2,1H3,(H,21,22);2-9,16H,1H3. The number of nitrogens with one attached hydrogen (secondary N) is 3. The maximum atomic E-state index is 11.6. The van der Waals surface area contributed by atoms with Crippen LogP contribution in [0.15, 0.2) is 128 Å². The van der Waals surface area contributed by atoms with Crippen molar-refractivity contribution in [2.24, 2.45) is 11.5 Å². The average Bonchev–Trinajstić information content (AvgIpc) is 3.93. The second kappa shape index (κ2) is 18.7. The lowest BCUT2D eigenvalue weighted by Crippen LogP contribution is -2.32. The molecule has 0 spiro atoms. The van der Waals surface area contributed by atoms with E-state index in [1.807, 2.05) is 55.7 Å². The minimum atomic E-state index is -1.15.